The van der Waals surface area contributed by atoms with E-state index in [4.69, 9.17) is 17.0 Å². The quantitative estimate of drug-likeness (QED) is 0.573. The molecule has 7 heteroatoms. The summed E-state index contributed by atoms with van der Waals surface area (Å²) in [5.41, 5.74) is 7.04. The smallest absolute Gasteiger partial charge is 0.276 e. The Hall–Kier alpha value is -2.67. The Balaban J connectivity index is 1.74. The summed E-state index contributed by atoms with van der Waals surface area (Å²) in [5.74, 6) is -0.367. The van der Waals surface area contributed by atoms with Gasteiger partial charge in [-0.2, -0.15) is 0 Å². The van der Waals surface area contributed by atoms with Gasteiger partial charge in [-0.1, -0.05) is 25.1 Å². The van der Waals surface area contributed by atoms with Crippen LogP contribution in [0.3, 0.4) is 0 Å². The minimum absolute atomic E-state index is 0.215. The lowest BCUT2D eigenvalue weighted by Crippen LogP contribution is -2.45. The minimum Gasteiger partial charge on any atom is -0.484 e. The number of nitrogens with one attached hydrogen (secondary N) is 3. The van der Waals surface area contributed by atoms with Gasteiger partial charge in [-0.05, 0) is 54.5 Å². The molecule has 0 aliphatic carbocycles. The van der Waals surface area contributed by atoms with Crippen LogP contribution in [0, 0.1) is 5.82 Å². The molecule has 24 heavy (non-hydrogen) atoms. The second kappa shape index (κ2) is 8.83. The Morgan fingerprint density at radius 1 is 1.12 bits per heavy atom. The zero-order chi connectivity index (χ0) is 17.4. The second-order valence-corrected chi connectivity index (χ2v) is 5.29. The van der Waals surface area contributed by atoms with E-state index in [9.17, 15) is 9.18 Å². The van der Waals surface area contributed by atoms with Crippen molar-refractivity contribution in [3.05, 3.63) is 59.9 Å². The predicted octanol–water partition coefficient (Wildman–Crippen LogP) is 2.78. The van der Waals surface area contributed by atoms with E-state index in [-0.39, 0.29) is 17.5 Å². The highest BCUT2D eigenvalue weighted by Gasteiger charge is 2.05. The number of rotatable bonds is 5. The molecule has 0 heterocycles. The number of amides is 1. The van der Waals surface area contributed by atoms with Crippen LogP contribution in [0.15, 0.2) is 48.5 Å². The van der Waals surface area contributed by atoms with Crippen molar-refractivity contribution >= 4 is 28.9 Å². The van der Waals surface area contributed by atoms with E-state index in [1.54, 1.807) is 0 Å². The van der Waals surface area contributed by atoms with Crippen molar-refractivity contribution in [1.82, 2.24) is 10.9 Å². The van der Waals surface area contributed by atoms with Crippen molar-refractivity contribution in [2.45, 2.75) is 13.3 Å². The predicted molar refractivity (Wildman–Crippen MR) is 95.2 cm³/mol. The molecule has 0 saturated carbocycles. The fourth-order valence-electron chi connectivity index (χ4n) is 1.95. The number of carbonyl (C=O) groups is 1. The van der Waals surface area contributed by atoms with Crippen LogP contribution < -0.4 is 20.9 Å². The molecule has 2 aromatic rings. The molecule has 0 unspecified atom stereocenters. The first-order valence-corrected chi connectivity index (χ1v) is 7.81. The number of halogens is 1. The zero-order valence-corrected chi connectivity index (χ0v) is 14.0. The summed E-state index contributed by atoms with van der Waals surface area (Å²) in [7, 11) is 0. The van der Waals surface area contributed by atoms with Crippen molar-refractivity contribution in [1.29, 1.82) is 0 Å². The van der Waals surface area contributed by atoms with Crippen LogP contribution >= 0.6 is 12.2 Å². The first-order valence-electron chi connectivity index (χ1n) is 7.40. The Morgan fingerprint density at radius 3 is 2.54 bits per heavy atom. The molecular weight excluding hydrogens is 329 g/mol. The van der Waals surface area contributed by atoms with E-state index in [1.165, 1.54) is 24.3 Å². The van der Waals surface area contributed by atoms with Crippen LogP contribution in [0.4, 0.5) is 10.1 Å². The van der Waals surface area contributed by atoms with Gasteiger partial charge in [0.2, 0.25) is 0 Å². The summed E-state index contributed by atoms with van der Waals surface area (Å²) in [6.45, 7) is 1.83. The van der Waals surface area contributed by atoms with Gasteiger partial charge in [-0.25, -0.2) is 4.39 Å². The van der Waals surface area contributed by atoms with Crippen LogP contribution in [0.5, 0.6) is 5.75 Å². The molecule has 0 spiro atoms. The Morgan fingerprint density at radius 2 is 1.83 bits per heavy atom. The van der Waals surface area contributed by atoms with E-state index in [1.807, 2.05) is 31.2 Å². The first-order chi connectivity index (χ1) is 11.6. The van der Waals surface area contributed by atoms with Gasteiger partial charge in [0.25, 0.3) is 5.91 Å². The number of ether oxygens (including phenoxy) is 1. The summed E-state index contributed by atoms with van der Waals surface area (Å²) in [5, 5.41) is 3.29. The van der Waals surface area contributed by atoms with E-state index >= 15 is 0 Å². The van der Waals surface area contributed by atoms with Gasteiger partial charge >= 0.3 is 0 Å². The standard InChI is InChI=1S/C17H18FN3O2S/c1-2-12-5-3-4-6-15(12)19-17(24)21-20-16(22)11-23-14-9-7-13(18)8-10-14/h3-10H,2,11H2,1H3,(H,20,22)(H2,19,21,24). The van der Waals surface area contributed by atoms with Gasteiger partial charge in [0.05, 0.1) is 0 Å². The molecule has 0 fully saturated rings. The van der Waals surface area contributed by atoms with Crippen molar-refractivity contribution in [2.75, 3.05) is 11.9 Å². The van der Waals surface area contributed by atoms with E-state index in [0.717, 1.165) is 17.7 Å². The number of aryl methyl sites for hydroxylation is 1. The monoisotopic (exact) mass is 347 g/mol. The lowest BCUT2D eigenvalue weighted by Gasteiger charge is -2.14. The third kappa shape index (κ3) is 5.51. The van der Waals surface area contributed by atoms with Gasteiger partial charge in [0, 0.05) is 5.69 Å². The van der Waals surface area contributed by atoms with Crippen LogP contribution in [0.1, 0.15) is 12.5 Å². The van der Waals surface area contributed by atoms with Crippen molar-refractivity contribution in [2.24, 2.45) is 0 Å². The average molecular weight is 347 g/mol. The zero-order valence-electron chi connectivity index (χ0n) is 13.1. The number of thiocarbonyl (C=S) groups is 1. The highest BCUT2D eigenvalue weighted by molar-refractivity contribution is 7.80. The fraction of sp³-hybridized carbons (Fsp3) is 0.176. The molecule has 0 saturated heterocycles. The number of hydrogen-bond acceptors (Lipinski definition) is 3. The average Bonchev–Trinajstić information content (AvgIpc) is 2.60. The maximum absolute atomic E-state index is 12.8. The highest BCUT2D eigenvalue weighted by Crippen LogP contribution is 2.15. The van der Waals surface area contributed by atoms with E-state index < -0.39 is 5.91 Å². The summed E-state index contributed by atoms with van der Waals surface area (Å²) in [6.07, 6.45) is 0.865. The molecule has 0 aromatic heterocycles. The normalized spacial score (nSPS) is 9.92. The second-order valence-electron chi connectivity index (χ2n) is 4.88. The van der Waals surface area contributed by atoms with Gasteiger partial charge in [0.1, 0.15) is 11.6 Å². The number of anilines is 1. The number of para-hydroxylation sites is 1. The molecule has 2 aromatic carbocycles. The number of benzene rings is 2. The molecule has 1 amide bonds. The van der Waals surface area contributed by atoms with Crippen LogP contribution in [-0.4, -0.2) is 17.6 Å². The lowest BCUT2D eigenvalue weighted by atomic mass is 10.1. The lowest BCUT2D eigenvalue weighted by molar-refractivity contribution is -0.123. The van der Waals surface area contributed by atoms with Gasteiger partial charge < -0.3 is 10.1 Å². The molecule has 0 aliphatic heterocycles. The summed E-state index contributed by atoms with van der Waals surface area (Å²) < 4.78 is 18.0. The molecule has 126 valence electrons. The molecule has 0 aliphatic rings. The number of hydrazine groups is 1. The van der Waals surface area contributed by atoms with Gasteiger partial charge in [-0.15, -0.1) is 0 Å². The molecule has 3 N–H and O–H groups in total. The Bertz CT molecular complexity index is 707. The van der Waals surface area contributed by atoms with Crippen LogP contribution in [-0.2, 0) is 11.2 Å². The topological polar surface area (TPSA) is 62.4 Å². The maximum Gasteiger partial charge on any atom is 0.276 e. The summed E-state index contributed by atoms with van der Waals surface area (Å²) >= 11 is 5.13. The highest BCUT2D eigenvalue weighted by atomic mass is 32.1. The Labute approximate surface area is 145 Å². The SMILES string of the molecule is CCc1ccccc1NC(=S)NNC(=O)COc1ccc(F)cc1. The minimum atomic E-state index is -0.410. The summed E-state index contributed by atoms with van der Waals surface area (Å²) in [4.78, 5) is 11.7. The molecule has 0 atom stereocenters. The van der Waals surface area contributed by atoms with Crippen LogP contribution in [0.2, 0.25) is 0 Å². The third-order valence-corrected chi connectivity index (χ3v) is 3.35. The Kier molecular flexibility index (Phi) is 6.51. The fourth-order valence-corrected chi connectivity index (χ4v) is 2.11. The van der Waals surface area contributed by atoms with Gasteiger partial charge in [0.15, 0.2) is 11.7 Å². The molecule has 0 radical (unpaired) electrons. The van der Waals surface area contributed by atoms with Crippen molar-refractivity contribution < 1.29 is 13.9 Å². The van der Waals surface area contributed by atoms with E-state index in [2.05, 4.69) is 16.2 Å². The molecule has 2 rings (SSSR count). The first kappa shape index (κ1) is 17.7. The molecule has 0 bridgehead atoms. The van der Waals surface area contributed by atoms with Crippen molar-refractivity contribution in [3.63, 3.8) is 0 Å². The van der Waals surface area contributed by atoms with Crippen molar-refractivity contribution in [3.8, 4) is 5.75 Å². The molecular formula is C17H18FN3O2S. The van der Waals surface area contributed by atoms with Crippen LogP contribution in [0.25, 0.3) is 0 Å². The third-order valence-electron chi connectivity index (χ3n) is 3.15. The van der Waals surface area contributed by atoms with Gasteiger partial charge in [-0.3, -0.25) is 15.6 Å². The van der Waals surface area contributed by atoms with E-state index in [0.29, 0.717) is 5.75 Å². The number of hydrogen-bond donors (Lipinski definition) is 3. The number of carbonyl (C=O) groups excluding carboxylic acids is 1. The maximum atomic E-state index is 12.8. The summed E-state index contributed by atoms with van der Waals surface area (Å²) in [6, 6.07) is 13.2. The molecule has 5 nitrogen and oxygen atoms in total. The largest absolute Gasteiger partial charge is 0.484 e.